The first-order valence-electron chi connectivity index (χ1n) is 8.04. The van der Waals surface area contributed by atoms with E-state index in [1.807, 2.05) is 0 Å². The van der Waals surface area contributed by atoms with E-state index >= 15 is 0 Å². The van der Waals surface area contributed by atoms with Gasteiger partial charge in [0, 0.05) is 0 Å². The smallest absolute Gasteiger partial charge is 1.00 e. The molecular weight excluding hydrogens is 302 g/mol. The van der Waals surface area contributed by atoms with E-state index in [4.69, 9.17) is 9.84 Å². The molecular formula is C16H32Na2O4. The van der Waals surface area contributed by atoms with Crippen molar-refractivity contribution in [2.75, 3.05) is 6.61 Å². The Balaban J connectivity index is -0.000000301. The molecule has 0 spiro atoms. The van der Waals surface area contributed by atoms with Gasteiger partial charge in [-0.3, -0.25) is 9.59 Å². The number of ether oxygens (including phenoxy) is 1. The molecule has 0 saturated carbocycles. The van der Waals surface area contributed by atoms with Gasteiger partial charge in [0.05, 0.1) is 19.4 Å². The first kappa shape index (κ1) is 27.8. The zero-order chi connectivity index (χ0) is 15.1. The molecule has 0 aromatic carbocycles. The second-order valence-electron chi connectivity index (χ2n) is 5.30. The van der Waals surface area contributed by atoms with E-state index in [1.165, 1.54) is 51.4 Å². The predicted molar refractivity (Wildman–Crippen MR) is 81.9 cm³/mol. The summed E-state index contributed by atoms with van der Waals surface area (Å²) in [6.07, 6.45) is 12.3. The van der Waals surface area contributed by atoms with Crippen LogP contribution in [0.25, 0.3) is 0 Å². The summed E-state index contributed by atoms with van der Waals surface area (Å²) in [5.74, 6) is -1.36. The predicted octanol–water partition coefficient (Wildman–Crippen LogP) is -1.45. The SMILES string of the molecule is CCCCCCCCCCCCOC(=O)CCC(=O)O.[H-].[H-].[Na+].[Na+]. The summed E-state index contributed by atoms with van der Waals surface area (Å²) < 4.78 is 4.96. The Morgan fingerprint density at radius 1 is 0.818 bits per heavy atom. The average molecular weight is 334 g/mol. The number of carboxylic acids is 1. The van der Waals surface area contributed by atoms with Crippen LogP contribution in [0.2, 0.25) is 0 Å². The van der Waals surface area contributed by atoms with Gasteiger partial charge in [-0.05, 0) is 6.42 Å². The molecule has 0 aliphatic carbocycles. The molecule has 0 atom stereocenters. The van der Waals surface area contributed by atoms with E-state index in [-0.39, 0.29) is 74.8 Å². The standard InChI is InChI=1S/C16H30O4.2Na.2H/c1-2-3-4-5-6-7-8-9-10-11-14-20-16(19)13-12-15(17)18;;;;/h2-14H2,1H3,(H,17,18);;;;/q;2*+1;2*-1. The zero-order valence-corrected chi connectivity index (χ0v) is 18.9. The Labute approximate surface area is 182 Å². The van der Waals surface area contributed by atoms with Gasteiger partial charge in [0.1, 0.15) is 0 Å². The molecule has 0 saturated heterocycles. The summed E-state index contributed by atoms with van der Waals surface area (Å²) >= 11 is 0. The minimum absolute atomic E-state index is 0. The molecule has 4 nitrogen and oxygen atoms in total. The third-order valence-corrected chi connectivity index (χ3v) is 3.30. The Bertz CT molecular complexity index is 270. The normalized spacial score (nSPS) is 9.50. The molecule has 0 aliphatic rings. The first-order valence-corrected chi connectivity index (χ1v) is 8.04. The van der Waals surface area contributed by atoms with Crippen molar-refractivity contribution in [3.05, 3.63) is 0 Å². The van der Waals surface area contributed by atoms with Crippen molar-refractivity contribution in [1.82, 2.24) is 0 Å². The maximum absolute atomic E-state index is 11.1. The summed E-state index contributed by atoms with van der Waals surface area (Å²) in [5.41, 5.74) is 0. The van der Waals surface area contributed by atoms with Crippen molar-refractivity contribution in [1.29, 1.82) is 0 Å². The molecule has 6 heteroatoms. The monoisotopic (exact) mass is 334 g/mol. The Morgan fingerprint density at radius 2 is 1.27 bits per heavy atom. The fraction of sp³-hybridized carbons (Fsp3) is 0.875. The maximum atomic E-state index is 11.1. The van der Waals surface area contributed by atoms with E-state index in [1.54, 1.807) is 0 Å². The average Bonchev–Trinajstić information content (AvgIpc) is 2.42. The van der Waals surface area contributed by atoms with E-state index in [2.05, 4.69) is 6.92 Å². The van der Waals surface area contributed by atoms with Crippen LogP contribution in [0.3, 0.4) is 0 Å². The molecule has 0 unspecified atom stereocenters. The molecule has 0 rings (SSSR count). The maximum Gasteiger partial charge on any atom is 1.00 e. The molecule has 0 fully saturated rings. The quantitative estimate of drug-likeness (QED) is 0.240. The third kappa shape index (κ3) is 23.2. The summed E-state index contributed by atoms with van der Waals surface area (Å²) in [6, 6.07) is 0. The van der Waals surface area contributed by atoms with Gasteiger partial charge in [0.15, 0.2) is 0 Å². The number of esters is 1. The van der Waals surface area contributed by atoms with Crippen LogP contribution in [-0.2, 0) is 14.3 Å². The summed E-state index contributed by atoms with van der Waals surface area (Å²) in [7, 11) is 0. The molecule has 22 heavy (non-hydrogen) atoms. The number of hydrogen-bond donors (Lipinski definition) is 1. The van der Waals surface area contributed by atoms with Gasteiger partial charge in [0.25, 0.3) is 0 Å². The molecule has 0 aromatic rings. The first-order chi connectivity index (χ1) is 9.66. The van der Waals surface area contributed by atoms with Gasteiger partial charge in [-0.1, -0.05) is 64.7 Å². The van der Waals surface area contributed by atoms with E-state index in [0.29, 0.717) is 6.61 Å². The van der Waals surface area contributed by atoms with Crippen molar-refractivity contribution in [3.8, 4) is 0 Å². The molecule has 0 heterocycles. The summed E-state index contributed by atoms with van der Waals surface area (Å²) in [5, 5.41) is 8.41. The molecule has 0 radical (unpaired) electrons. The van der Waals surface area contributed by atoms with Crippen molar-refractivity contribution in [2.45, 2.75) is 84.0 Å². The van der Waals surface area contributed by atoms with E-state index in [9.17, 15) is 9.59 Å². The second kappa shape index (κ2) is 21.9. The fourth-order valence-corrected chi connectivity index (χ4v) is 2.06. The topological polar surface area (TPSA) is 63.6 Å². The van der Waals surface area contributed by atoms with Crippen LogP contribution in [-0.4, -0.2) is 23.7 Å². The minimum Gasteiger partial charge on any atom is -1.00 e. The minimum atomic E-state index is -0.958. The molecule has 0 bridgehead atoms. The van der Waals surface area contributed by atoms with Crippen LogP contribution in [0, 0.1) is 0 Å². The number of carboxylic acid groups (broad SMARTS) is 1. The molecule has 1 N–H and O–H groups in total. The number of carbonyl (C=O) groups excluding carboxylic acids is 1. The molecule has 0 aromatic heterocycles. The van der Waals surface area contributed by atoms with Crippen molar-refractivity contribution < 1.29 is 81.4 Å². The zero-order valence-electron chi connectivity index (χ0n) is 16.9. The van der Waals surface area contributed by atoms with Gasteiger partial charge >= 0.3 is 71.1 Å². The van der Waals surface area contributed by atoms with Crippen LogP contribution < -0.4 is 59.1 Å². The Kier molecular flexibility index (Phi) is 27.7. The van der Waals surface area contributed by atoms with Crippen LogP contribution in [0.5, 0.6) is 0 Å². The fourth-order valence-electron chi connectivity index (χ4n) is 2.06. The van der Waals surface area contributed by atoms with E-state index < -0.39 is 11.9 Å². The summed E-state index contributed by atoms with van der Waals surface area (Å²) in [4.78, 5) is 21.4. The van der Waals surface area contributed by atoms with Crippen molar-refractivity contribution >= 4 is 11.9 Å². The number of aliphatic carboxylic acids is 1. The Morgan fingerprint density at radius 3 is 1.73 bits per heavy atom. The van der Waals surface area contributed by atoms with Gasteiger partial charge in [0.2, 0.25) is 0 Å². The number of unbranched alkanes of at least 4 members (excludes halogenated alkanes) is 9. The van der Waals surface area contributed by atoms with E-state index in [0.717, 1.165) is 12.8 Å². The van der Waals surface area contributed by atoms with Crippen molar-refractivity contribution in [3.63, 3.8) is 0 Å². The van der Waals surface area contributed by atoms with Gasteiger partial charge in [-0.15, -0.1) is 0 Å². The molecule has 0 aliphatic heterocycles. The molecule has 122 valence electrons. The number of rotatable bonds is 14. The van der Waals surface area contributed by atoms with Crippen LogP contribution in [0.4, 0.5) is 0 Å². The largest absolute Gasteiger partial charge is 1.00 e. The van der Waals surface area contributed by atoms with Crippen molar-refractivity contribution in [2.24, 2.45) is 0 Å². The van der Waals surface area contributed by atoms with Crippen LogP contribution in [0.15, 0.2) is 0 Å². The number of hydrogen-bond acceptors (Lipinski definition) is 3. The van der Waals surface area contributed by atoms with Gasteiger partial charge in [-0.2, -0.15) is 0 Å². The summed E-state index contributed by atoms with van der Waals surface area (Å²) in [6.45, 7) is 2.66. The van der Waals surface area contributed by atoms with Crippen LogP contribution >= 0.6 is 0 Å². The third-order valence-electron chi connectivity index (χ3n) is 3.30. The second-order valence-corrected chi connectivity index (χ2v) is 5.30. The van der Waals surface area contributed by atoms with Gasteiger partial charge in [-0.25, -0.2) is 0 Å². The van der Waals surface area contributed by atoms with Crippen LogP contribution in [0.1, 0.15) is 86.8 Å². The molecule has 0 amide bonds. The Hall–Kier alpha value is 0.940. The van der Waals surface area contributed by atoms with Gasteiger partial charge < -0.3 is 12.7 Å². The number of carbonyl (C=O) groups is 2.